The molecule has 4 heteroatoms. The molecule has 0 aliphatic rings. The van der Waals surface area contributed by atoms with Gasteiger partial charge in [-0.1, -0.05) is 31.9 Å². The lowest BCUT2D eigenvalue weighted by atomic mass is 9.95. The summed E-state index contributed by atoms with van der Waals surface area (Å²) in [6.07, 6.45) is 9.68. The number of rotatable bonds is 11. The minimum atomic E-state index is -0.647. The summed E-state index contributed by atoms with van der Waals surface area (Å²) < 4.78 is 21.9. The Morgan fingerprint density at radius 2 is 2.05 bits per heavy atom. The number of esters is 1. The smallest absolute Gasteiger partial charge is 0.331 e. The molecule has 0 N–H and O–H groups in total. The van der Waals surface area contributed by atoms with E-state index in [4.69, 9.17) is 4.74 Å². The second kappa shape index (κ2) is 11.4. The van der Waals surface area contributed by atoms with Crippen molar-refractivity contribution in [1.82, 2.24) is 0 Å². The van der Waals surface area contributed by atoms with Crippen LogP contribution in [-0.2, 0) is 14.3 Å². The van der Waals surface area contributed by atoms with Crippen molar-refractivity contribution >= 4 is 5.97 Å². The van der Waals surface area contributed by atoms with Crippen LogP contribution in [0.4, 0.5) is 4.39 Å². The number of methoxy groups -OCH3 is 1. The van der Waals surface area contributed by atoms with Gasteiger partial charge in [-0.25, -0.2) is 9.18 Å². The Kier molecular flexibility index (Phi) is 10.8. The fourth-order valence-electron chi connectivity index (χ4n) is 2.00. The summed E-state index contributed by atoms with van der Waals surface area (Å²) in [6.45, 7) is 7.44. The van der Waals surface area contributed by atoms with Crippen molar-refractivity contribution in [2.45, 2.75) is 59.0 Å². The van der Waals surface area contributed by atoms with Crippen LogP contribution in [0.5, 0.6) is 0 Å². The minimum Gasteiger partial charge on any atom is -0.460 e. The number of alkyl halides is 1. The van der Waals surface area contributed by atoms with E-state index in [0.717, 1.165) is 31.3 Å². The lowest BCUT2D eigenvalue weighted by molar-refractivity contribution is -0.138. The van der Waals surface area contributed by atoms with Gasteiger partial charge >= 0.3 is 5.97 Å². The van der Waals surface area contributed by atoms with Crippen molar-refractivity contribution in [3.05, 3.63) is 23.8 Å². The zero-order chi connectivity index (χ0) is 17.0. The van der Waals surface area contributed by atoms with Crippen molar-refractivity contribution in [3.8, 4) is 0 Å². The second-order valence-electron chi connectivity index (χ2n) is 6.34. The van der Waals surface area contributed by atoms with Gasteiger partial charge in [0, 0.05) is 13.2 Å². The first-order chi connectivity index (χ1) is 10.3. The number of carbonyl (C=O) groups excluding carboxylic acids is 1. The van der Waals surface area contributed by atoms with Crippen molar-refractivity contribution in [2.24, 2.45) is 5.92 Å². The summed E-state index contributed by atoms with van der Waals surface area (Å²) in [7, 11) is 1.75. The lowest BCUT2D eigenvalue weighted by Gasteiger charge is -2.23. The Balaban J connectivity index is 4.00. The summed E-state index contributed by atoms with van der Waals surface area (Å²) in [5, 5.41) is 0. The van der Waals surface area contributed by atoms with Gasteiger partial charge in [0.2, 0.25) is 0 Å². The number of carbonyl (C=O) groups is 1. The quantitative estimate of drug-likeness (QED) is 0.317. The van der Waals surface area contributed by atoms with E-state index < -0.39 is 12.6 Å². The van der Waals surface area contributed by atoms with E-state index in [-0.39, 0.29) is 12.2 Å². The highest BCUT2D eigenvalue weighted by Gasteiger charge is 2.15. The molecule has 0 saturated carbocycles. The van der Waals surface area contributed by atoms with Crippen molar-refractivity contribution < 1.29 is 18.7 Å². The Morgan fingerprint density at radius 3 is 2.64 bits per heavy atom. The van der Waals surface area contributed by atoms with Gasteiger partial charge in [0.15, 0.2) is 0 Å². The lowest BCUT2D eigenvalue weighted by Crippen LogP contribution is -2.22. The molecule has 3 nitrogen and oxygen atoms in total. The van der Waals surface area contributed by atoms with Crippen LogP contribution in [0.2, 0.25) is 0 Å². The molecule has 0 aromatic rings. The molecular formula is C18H31FO3. The van der Waals surface area contributed by atoms with Crippen LogP contribution in [0.3, 0.4) is 0 Å². The van der Waals surface area contributed by atoms with Crippen LogP contribution in [-0.4, -0.2) is 32.0 Å². The average molecular weight is 314 g/mol. The molecule has 128 valence electrons. The highest BCUT2D eigenvalue weighted by atomic mass is 19.1. The van der Waals surface area contributed by atoms with Gasteiger partial charge in [-0.15, -0.1) is 0 Å². The molecule has 0 bridgehead atoms. The topological polar surface area (TPSA) is 35.5 Å². The molecular weight excluding hydrogens is 283 g/mol. The van der Waals surface area contributed by atoms with Gasteiger partial charge < -0.3 is 9.47 Å². The second-order valence-corrected chi connectivity index (χ2v) is 6.34. The maximum atomic E-state index is 11.9. The van der Waals surface area contributed by atoms with Crippen LogP contribution < -0.4 is 0 Å². The Labute approximate surface area is 134 Å². The molecule has 1 unspecified atom stereocenters. The SMILES string of the molecule is COC(C)(C)CCCC(C)CC=CC(C)=CC(=O)OCCF. The zero-order valence-electron chi connectivity index (χ0n) is 14.7. The first kappa shape index (κ1) is 20.8. The summed E-state index contributed by atoms with van der Waals surface area (Å²) in [5.74, 6) is 0.102. The normalized spacial score (nSPS) is 14.4. The van der Waals surface area contributed by atoms with E-state index in [1.54, 1.807) is 7.11 Å². The Hall–Kier alpha value is -1.16. The van der Waals surface area contributed by atoms with Crippen LogP contribution in [0.15, 0.2) is 23.8 Å². The van der Waals surface area contributed by atoms with Gasteiger partial charge in [-0.3, -0.25) is 0 Å². The summed E-state index contributed by atoms with van der Waals surface area (Å²) in [4.78, 5) is 11.3. The van der Waals surface area contributed by atoms with E-state index in [1.807, 2.05) is 13.0 Å². The first-order valence-electron chi connectivity index (χ1n) is 7.93. The number of ether oxygens (including phenoxy) is 2. The molecule has 0 aliphatic carbocycles. The van der Waals surface area contributed by atoms with Crippen LogP contribution in [0, 0.1) is 5.92 Å². The predicted octanol–water partition coefficient (Wildman–Crippen LogP) is 4.62. The fraction of sp³-hybridized carbons (Fsp3) is 0.722. The van der Waals surface area contributed by atoms with E-state index in [2.05, 4.69) is 31.6 Å². The number of hydrogen-bond donors (Lipinski definition) is 0. The summed E-state index contributed by atoms with van der Waals surface area (Å²) in [6, 6.07) is 0. The van der Waals surface area contributed by atoms with E-state index in [1.165, 1.54) is 6.08 Å². The largest absolute Gasteiger partial charge is 0.460 e. The number of halogens is 1. The molecule has 0 spiro atoms. The van der Waals surface area contributed by atoms with E-state index in [9.17, 15) is 9.18 Å². The van der Waals surface area contributed by atoms with Crippen LogP contribution in [0.25, 0.3) is 0 Å². The van der Waals surface area contributed by atoms with Crippen molar-refractivity contribution in [2.75, 3.05) is 20.4 Å². The van der Waals surface area contributed by atoms with Crippen molar-refractivity contribution in [3.63, 3.8) is 0 Å². The Morgan fingerprint density at radius 1 is 1.36 bits per heavy atom. The zero-order valence-corrected chi connectivity index (χ0v) is 14.7. The molecule has 0 aromatic heterocycles. The number of hydrogen-bond acceptors (Lipinski definition) is 3. The van der Waals surface area contributed by atoms with Gasteiger partial charge in [0.05, 0.1) is 5.60 Å². The molecule has 22 heavy (non-hydrogen) atoms. The number of allylic oxidation sites excluding steroid dienone is 3. The third-order valence-electron chi connectivity index (χ3n) is 3.61. The van der Waals surface area contributed by atoms with Gasteiger partial charge in [0.25, 0.3) is 0 Å². The molecule has 0 radical (unpaired) electrons. The first-order valence-corrected chi connectivity index (χ1v) is 7.93. The molecule has 0 aromatic carbocycles. The molecule has 1 atom stereocenters. The molecule has 0 aliphatic heterocycles. The molecule has 0 heterocycles. The van der Waals surface area contributed by atoms with Crippen LogP contribution in [0.1, 0.15) is 53.4 Å². The van der Waals surface area contributed by atoms with E-state index >= 15 is 0 Å². The van der Waals surface area contributed by atoms with Gasteiger partial charge in [-0.2, -0.15) is 0 Å². The molecule has 0 amide bonds. The third-order valence-corrected chi connectivity index (χ3v) is 3.61. The monoisotopic (exact) mass is 314 g/mol. The fourth-order valence-corrected chi connectivity index (χ4v) is 2.00. The maximum Gasteiger partial charge on any atom is 0.331 e. The average Bonchev–Trinajstić information content (AvgIpc) is 2.44. The molecule has 0 rings (SSSR count). The Bertz CT molecular complexity index is 373. The molecule has 0 saturated heterocycles. The standard InChI is InChI=1S/C18H31FO3/c1-15(10-7-11-18(3,4)21-5)8-6-9-16(2)14-17(20)22-13-12-19/h6,9,14-15H,7-8,10-13H2,1-5H3. The summed E-state index contributed by atoms with van der Waals surface area (Å²) >= 11 is 0. The molecule has 0 fully saturated rings. The maximum absolute atomic E-state index is 11.9. The van der Waals surface area contributed by atoms with E-state index in [0.29, 0.717) is 5.92 Å². The van der Waals surface area contributed by atoms with Crippen LogP contribution >= 0.6 is 0 Å². The highest BCUT2D eigenvalue weighted by Crippen LogP contribution is 2.20. The van der Waals surface area contributed by atoms with Crippen molar-refractivity contribution in [1.29, 1.82) is 0 Å². The van der Waals surface area contributed by atoms with Gasteiger partial charge in [-0.05, 0) is 45.1 Å². The summed E-state index contributed by atoms with van der Waals surface area (Å²) in [5.41, 5.74) is 0.770. The third kappa shape index (κ3) is 11.5. The predicted molar refractivity (Wildman–Crippen MR) is 88.6 cm³/mol. The van der Waals surface area contributed by atoms with Gasteiger partial charge in [0.1, 0.15) is 13.3 Å². The minimum absolute atomic E-state index is 0.0468. The highest BCUT2D eigenvalue weighted by molar-refractivity contribution is 5.83.